The smallest absolute Gasteiger partial charge is 0.134 e. The predicted octanol–water partition coefficient (Wildman–Crippen LogP) is 3.81. The lowest BCUT2D eigenvalue weighted by Crippen LogP contribution is -2.25. The van der Waals surface area contributed by atoms with Crippen LogP contribution in [0.4, 0.5) is 0 Å². The van der Waals surface area contributed by atoms with Gasteiger partial charge in [0.05, 0.1) is 12.1 Å². The van der Waals surface area contributed by atoms with E-state index in [1.165, 1.54) is 10.9 Å². The summed E-state index contributed by atoms with van der Waals surface area (Å²) in [5.74, 6) is 1.66. The molecule has 114 valence electrons. The zero-order valence-electron chi connectivity index (χ0n) is 12.9. The van der Waals surface area contributed by atoms with Crippen LogP contribution in [0.2, 0.25) is 0 Å². The zero-order valence-corrected chi connectivity index (χ0v) is 12.9. The van der Waals surface area contributed by atoms with E-state index in [2.05, 4.69) is 31.3 Å². The van der Waals surface area contributed by atoms with Gasteiger partial charge in [0, 0.05) is 10.9 Å². The summed E-state index contributed by atoms with van der Waals surface area (Å²) in [4.78, 5) is 0. The molecule has 2 aromatic rings. The van der Waals surface area contributed by atoms with E-state index in [1.807, 2.05) is 12.1 Å². The Morgan fingerprint density at radius 3 is 2.86 bits per heavy atom. The van der Waals surface area contributed by atoms with E-state index < -0.39 is 0 Å². The van der Waals surface area contributed by atoms with Crippen molar-refractivity contribution < 1.29 is 9.52 Å². The van der Waals surface area contributed by atoms with Gasteiger partial charge >= 0.3 is 0 Å². The van der Waals surface area contributed by atoms with Gasteiger partial charge in [-0.1, -0.05) is 25.1 Å². The molecule has 1 aromatic carbocycles. The third-order valence-electron chi connectivity index (χ3n) is 4.70. The van der Waals surface area contributed by atoms with Crippen LogP contribution in [0.5, 0.6) is 0 Å². The van der Waals surface area contributed by atoms with Gasteiger partial charge < -0.3 is 14.8 Å². The molecule has 3 nitrogen and oxygen atoms in total. The highest BCUT2D eigenvalue weighted by Crippen LogP contribution is 2.31. The molecule has 1 aliphatic carbocycles. The van der Waals surface area contributed by atoms with Crippen molar-refractivity contribution in [2.75, 3.05) is 6.54 Å². The molecule has 0 saturated heterocycles. The van der Waals surface area contributed by atoms with Crippen molar-refractivity contribution in [2.45, 2.75) is 51.7 Å². The van der Waals surface area contributed by atoms with Crippen molar-refractivity contribution in [2.24, 2.45) is 5.92 Å². The first-order chi connectivity index (χ1) is 10.2. The van der Waals surface area contributed by atoms with Crippen LogP contribution in [0.25, 0.3) is 11.0 Å². The van der Waals surface area contributed by atoms with E-state index in [1.54, 1.807) is 0 Å². The second kappa shape index (κ2) is 6.20. The Kier molecular flexibility index (Phi) is 4.32. The lowest BCUT2D eigenvalue weighted by atomic mass is 10.0. The van der Waals surface area contributed by atoms with Gasteiger partial charge in [-0.3, -0.25) is 0 Å². The van der Waals surface area contributed by atoms with Gasteiger partial charge in [0.2, 0.25) is 0 Å². The predicted molar refractivity (Wildman–Crippen MR) is 85.4 cm³/mol. The minimum Gasteiger partial charge on any atom is -0.459 e. The number of nitrogens with one attached hydrogen (secondary N) is 1. The number of hydrogen-bond donors (Lipinski definition) is 2. The van der Waals surface area contributed by atoms with Crippen molar-refractivity contribution in [3.8, 4) is 0 Å². The fourth-order valence-electron chi connectivity index (χ4n) is 3.50. The van der Waals surface area contributed by atoms with Crippen LogP contribution >= 0.6 is 0 Å². The summed E-state index contributed by atoms with van der Waals surface area (Å²) in [6.45, 7) is 5.31. The summed E-state index contributed by atoms with van der Waals surface area (Å²) < 4.78 is 6.08. The quantitative estimate of drug-likeness (QED) is 0.879. The molecule has 3 rings (SSSR count). The monoisotopic (exact) mass is 287 g/mol. The fraction of sp³-hybridized carbons (Fsp3) is 0.556. The summed E-state index contributed by atoms with van der Waals surface area (Å²) in [5, 5.41) is 14.4. The number of furan rings is 1. The zero-order chi connectivity index (χ0) is 14.8. The number of aliphatic hydroxyl groups excluding tert-OH is 1. The molecule has 1 fully saturated rings. The standard InChI is InChI=1S/C18H25NO2/c1-3-15-16-6-4-5-7-17(16)21-18(15)12(2)19-11-13-8-9-14(20)10-13/h4-7,12-14,19-20H,3,8-11H2,1-2H3. The maximum Gasteiger partial charge on any atom is 0.134 e. The second-order valence-corrected chi connectivity index (χ2v) is 6.26. The molecule has 3 heteroatoms. The van der Waals surface area contributed by atoms with Crippen molar-refractivity contribution in [3.05, 3.63) is 35.6 Å². The number of benzene rings is 1. The first kappa shape index (κ1) is 14.6. The van der Waals surface area contributed by atoms with Gasteiger partial charge in [-0.25, -0.2) is 0 Å². The highest BCUT2D eigenvalue weighted by Gasteiger charge is 2.24. The lowest BCUT2D eigenvalue weighted by Gasteiger charge is -2.16. The van der Waals surface area contributed by atoms with Gasteiger partial charge in [-0.15, -0.1) is 0 Å². The molecule has 3 atom stereocenters. The average Bonchev–Trinajstić information content (AvgIpc) is 3.07. The minimum absolute atomic E-state index is 0.0930. The van der Waals surface area contributed by atoms with Gasteiger partial charge in [0.15, 0.2) is 0 Å². The first-order valence-corrected chi connectivity index (χ1v) is 8.10. The summed E-state index contributed by atoms with van der Waals surface area (Å²) in [5.41, 5.74) is 2.30. The Labute approximate surface area is 126 Å². The molecular formula is C18H25NO2. The average molecular weight is 287 g/mol. The summed E-state index contributed by atoms with van der Waals surface area (Å²) >= 11 is 0. The van der Waals surface area contributed by atoms with Gasteiger partial charge in [-0.05, 0) is 51.1 Å². The fourth-order valence-corrected chi connectivity index (χ4v) is 3.50. The molecule has 0 amide bonds. The minimum atomic E-state index is -0.0930. The number of aliphatic hydroxyl groups is 1. The van der Waals surface area contributed by atoms with Crippen LogP contribution in [0.3, 0.4) is 0 Å². The Morgan fingerprint density at radius 2 is 2.14 bits per heavy atom. The van der Waals surface area contributed by atoms with E-state index in [0.29, 0.717) is 5.92 Å². The van der Waals surface area contributed by atoms with Crippen molar-refractivity contribution in [3.63, 3.8) is 0 Å². The molecule has 3 unspecified atom stereocenters. The number of hydrogen-bond acceptors (Lipinski definition) is 3. The van der Waals surface area contributed by atoms with Gasteiger partial charge in [0.1, 0.15) is 11.3 Å². The molecular weight excluding hydrogens is 262 g/mol. The molecule has 2 N–H and O–H groups in total. The van der Waals surface area contributed by atoms with Crippen LogP contribution in [-0.4, -0.2) is 17.8 Å². The Hall–Kier alpha value is -1.32. The maximum absolute atomic E-state index is 9.61. The Balaban J connectivity index is 1.73. The molecule has 0 aliphatic heterocycles. The first-order valence-electron chi connectivity index (χ1n) is 8.10. The Morgan fingerprint density at radius 1 is 1.33 bits per heavy atom. The van der Waals surface area contributed by atoms with Gasteiger partial charge in [0.25, 0.3) is 0 Å². The largest absolute Gasteiger partial charge is 0.459 e. The van der Waals surface area contributed by atoms with E-state index in [4.69, 9.17) is 4.42 Å². The highest BCUT2D eigenvalue weighted by atomic mass is 16.3. The molecule has 21 heavy (non-hydrogen) atoms. The lowest BCUT2D eigenvalue weighted by molar-refractivity contribution is 0.177. The maximum atomic E-state index is 9.61. The van der Waals surface area contributed by atoms with E-state index in [9.17, 15) is 5.11 Å². The number of aryl methyl sites for hydroxylation is 1. The van der Waals surface area contributed by atoms with E-state index in [0.717, 1.165) is 43.6 Å². The number of para-hydroxylation sites is 1. The van der Waals surface area contributed by atoms with Crippen LogP contribution < -0.4 is 5.32 Å². The van der Waals surface area contributed by atoms with E-state index in [-0.39, 0.29) is 12.1 Å². The van der Waals surface area contributed by atoms with Crippen molar-refractivity contribution >= 4 is 11.0 Å². The molecule has 1 aliphatic rings. The summed E-state index contributed by atoms with van der Waals surface area (Å²) in [6.07, 6.45) is 3.90. The Bertz CT molecular complexity index is 604. The molecule has 0 radical (unpaired) electrons. The van der Waals surface area contributed by atoms with Crippen LogP contribution in [-0.2, 0) is 6.42 Å². The normalized spacial score (nSPS) is 23.8. The topological polar surface area (TPSA) is 45.4 Å². The number of rotatable bonds is 5. The molecule has 1 heterocycles. The summed E-state index contributed by atoms with van der Waals surface area (Å²) in [7, 11) is 0. The second-order valence-electron chi connectivity index (χ2n) is 6.26. The third kappa shape index (κ3) is 2.99. The van der Waals surface area contributed by atoms with Gasteiger partial charge in [-0.2, -0.15) is 0 Å². The SMILES string of the molecule is CCc1c(C(C)NCC2CCC(O)C2)oc2ccccc12. The molecule has 1 aromatic heterocycles. The molecule has 0 bridgehead atoms. The van der Waals surface area contributed by atoms with E-state index >= 15 is 0 Å². The molecule has 1 saturated carbocycles. The van der Waals surface area contributed by atoms with Crippen molar-refractivity contribution in [1.29, 1.82) is 0 Å². The van der Waals surface area contributed by atoms with Crippen LogP contribution in [0, 0.1) is 5.92 Å². The highest BCUT2D eigenvalue weighted by molar-refractivity contribution is 5.82. The van der Waals surface area contributed by atoms with Crippen molar-refractivity contribution in [1.82, 2.24) is 5.32 Å². The molecule has 0 spiro atoms. The third-order valence-corrected chi connectivity index (χ3v) is 4.70. The van der Waals surface area contributed by atoms with Crippen LogP contribution in [0.1, 0.15) is 50.5 Å². The van der Waals surface area contributed by atoms with Crippen LogP contribution in [0.15, 0.2) is 28.7 Å². The summed E-state index contributed by atoms with van der Waals surface area (Å²) in [6, 6.07) is 8.48. The number of fused-ring (bicyclic) bond motifs is 1.